The topological polar surface area (TPSA) is 0 Å². The molecular weight excluding hydrogens is 264 g/mol. The van der Waals surface area contributed by atoms with E-state index in [2.05, 4.69) is 0 Å². The van der Waals surface area contributed by atoms with Gasteiger partial charge in [-0.25, -0.2) is 8.78 Å². The lowest BCUT2D eigenvalue weighted by Crippen LogP contribution is -1.96. The molecule has 0 saturated heterocycles. The summed E-state index contributed by atoms with van der Waals surface area (Å²) >= 11 is 17.3. The molecule has 1 saturated carbocycles. The highest BCUT2D eigenvalue weighted by Gasteiger charge is 2.61. The van der Waals surface area contributed by atoms with Crippen LogP contribution >= 0.6 is 34.8 Å². The Morgan fingerprint density at radius 3 is 2.27 bits per heavy atom. The summed E-state index contributed by atoms with van der Waals surface area (Å²) in [6.45, 7) is 1.81. The van der Waals surface area contributed by atoms with E-state index in [4.69, 9.17) is 34.8 Å². The first-order valence-corrected chi connectivity index (χ1v) is 5.52. The fraction of sp³-hybridized carbons (Fsp3) is 0.400. The molecule has 1 aliphatic rings. The molecule has 1 fully saturated rings. The van der Waals surface area contributed by atoms with Gasteiger partial charge in [0.1, 0.15) is 21.0 Å². The van der Waals surface area contributed by atoms with E-state index in [0.717, 1.165) is 6.07 Å². The van der Waals surface area contributed by atoms with Crippen LogP contribution < -0.4 is 0 Å². The third kappa shape index (κ3) is 1.63. The molecule has 1 aromatic rings. The first-order chi connectivity index (χ1) is 6.87. The van der Waals surface area contributed by atoms with Crippen LogP contribution in [-0.2, 0) is 0 Å². The lowest BCUT2D eigenvalue weighted by molar-refractivity contribution is 0.571. The SMILES string of the molecule is CC1C(c2ccc(F)c(Cl)c2F)C1(Cl)Cl. The molecule has 0 heterocycles. The van der Waals surface area contributed by atoms with Crippen LogP contribution in [0.1, 0.15) is 18.4 Å². The summed E-state index contributed by atoms with van der Waals surface area (Å²) in [4.78, 5) is 0. The number of alkyl halides is 2. The first kappa shape index (κ1) is 11.4. The molecule has 0 spiro atoms. The zero-order valence-electron chi connectivity index (χ0n) is 7.70. The fourth-order valence-corrected chi connectivity index (χ4v) is 2.65. The largest absolute Gasteiger partial charge is 0.205 e. The van der Waals surface area contributed by atoms with Crippen LogP contribution in [0.4, 0.5) is 8.78 Å². The summed E-state index contributed by atoms with van der Waals surface area (Å²) in [5, 5.41) is -0.504. The summed E-state index contributed by atoms with van der Waals surface area (Å²) in [6.07, 6.45) is 0. The normalized spacial score (nSPS) is 27.9. The van der Waals surface area contributed by atoms with Crippen molar-refractivity contribution in [2.75, 3.05) is 0 Å². The minimum atomic E-state index is -0.970. The van der Waals surface area contributed by atoms with E-state index in [9.17, 15) is 8.78 Å². The Bertz CT molecular complexity index is 417. The van der Waals surface area contributed by atoms with Crippen molar-refractivity contribution in [1.82, 2.24) is 0 Å². The average molecular weight is 272 g/mol. The highest BCUT2D eigenvalue weighted by atomic mass is 35.5. The maximum absolute atomic E-state index is 13.6. The zero-order chi connectivity index (χ0) is 11.4. The molecule has 0 aromatic heterocycles. The van der Waals surface area contributed by atoms with Crippen LogP contribution in [0.3, 0.4) is 0 Å². The Kier molecular flexibility index (Phi) is 2.65. The molecule has 1 aliphatic carbocycles. The predicted molar refractivity (Wildman–Crippen MR) is 57.7 cm³/mol. The van der Waals surface area contributed by atoms with Crippen molar-refractivity contribution in [3.63, 3.8) is 0 Å². The molecule has 0 bridgehead atoms. The van der Waals surface area contributed by atoms with Gasteiger partial charge in [0.25, 0.3) is 0 Å². The summed E-state index contributed by atoms with van der Waals surface area (Å²) in [5.74, 6) is -1.92. The van der Waals surface area contributed by atoms with E-state index >= 15 is 0 Å². The van der Waals surface area contributed by atoms with Crippen molar-refractivity contribution in [3.8, 4) is 0 Å². The van der Waals surface area contributed by atoms with Crippen molar-refractivity contribution in [2.24, 2.45) is 5.92 Å². The van der Waals surface area contributed by atoms with Gasteiger partial charge in [-0.1, -0.05) is 24.6 Å². The Balaban J connectivity index is 2.44. The Labute approximate surface area is 101 Å². The smallest absolute Gasteiger partial charge is 0.148 e. The van der Waals surface area contributed by atoms with Crippen LogP contribution in [-0.4, -0.2) is 4.33 Å². The molecule has 0 aliphatic heterocycles. The monoisotopic (exact) mass is 270 g/mol. The van der Waals surface area contributed by atoms with Crippen LogP contribution in [0.5, 0.6) is 0 Å². The molecule has 0 N–H and O–H groups in total. The van der Waals surface area contributed by atoms with Crippen LogP contribution in [0, 0.1) is 17.6 Å². The van der Waals surface area contributed by atoms with Gasteiger partial charge in [0, 0.05) is 5.92 Å². The van der Waals surface area contributed by atoms with E-state index in [1.807, 2.05) is 0 Å². The lowest BCUT2D eigenvalue weighted by atomic mass is 10.1. The number of hydrogen-bond acceptors (Lipinski definition) is 0. The summed E-state index contributed by atoms with van der Waals surface area (Å²) in [7, 11) is 0. The first-order valence-electron chi connectivity index (χ1n) is 4.38. The third-order valence-corrected chi connectivity index (χ3v) is 4.32. The minimum absolute atomic E-state index is 0.0585. The molecule has 82 valence electrons. The second-order valence-electron chi connectivity index (χ2n) is 3.71. The molecule has 2 rings (SSSR count). The Morgan fingerprint density at radius 2 is 1.80 bits per heavy atom. The van der Waals surface area contributed by atoms with Gasteiger partial charge in [-0.3, -0.25) is 0 Å². The molecule has 0 nitrogen and oxygen atoms in total. The highest BCUT2D eigenvalue weighted by Crippen LogP contribution is 2.65. The van der Waals surface area contributed by atoms with E-state index in [1.165, 1.54) is 6.07 Å². The minimum Gasteiger partial charge on any atom is -0.205 e. The molecular formula is C10H7Cl3F2. The van der Waals surface area contributed by atoms with Crippen molar-refractivity contribution in [2.45, 2.75) is 17.2 Å². The van der Waals surface area contributed by atoms with Gasteiger partial charge in [0.15, 0.2) is 0 Å². The molecule has 15 heavy (non-hydrogen) atoms. The number of benzene rings is 1. The molecule has 1 aromatic carbocycles. The summed E-state index contributed by atoms with van der Waals surface area (Å²) < 4.78 is 25.5. The van der Waals surface area contributed by atoms with Gasteiger partial charge in [-0.05, 0) is 17.5 Å². The summed E-state index contributed by atoms with van der Waals surface area (Å²) in [6, 6.07) is 2.46. The van der Waals surface area contributed by atoms with E-state index < -0.39 is 21.0 Å². The third-order valence-electron chi connectivity index (χ3n) is 2.81. The van der Waals surface area contributed by atoms with Gasteiger partial charge in [0.2, 0.25) is 0 Å². The van der Waals surface area contributed by atoms with E-state index in [1.54, 1.807) is 6.92 Å². The lowest BCUT2D eigenvalue weighted by Gasteiger charge is -2.04. The Morgan fingerprint density at radius 1 is 1.27 bits per heavy atom. The maximum atomic E-state index is 13.6. The summed E-state index contributed by atoms with van der Waals surface area (Å²) in [5.41, 5.74) is 0.277. The fourth-order valence-electron chi connectivity index (χ4n) is 1.74. The maximum Gasteiger partial charge on any atom is 0.148 e. The van der Waals surface area contributed by atoms with Crippen molar-refractivity contribution >= 4 is 34.8 Å². The average Bonchev–Trinajstić information content (AvgIpc) is 2.64. The highest BCUT2D eigenvalue weighted by molar-refractivity contribution is 6.51. The van der Waals surface area contributed by atoms with Crippen molar-refractivity contribution in [1.29, 1.82) is 0 Å². The van der Waals surface area contributed by atoms with Crippen LogP contribution in [0.15, 0.2) is 12.1 Å². The van der Waals surface area contributed by atoms with E-state index in [-0.39, 0.29) is 17.4 Å². The van der Waals surface area contributed by atoms with Gasteiger partial charge < -0.3 is 0 Å². The molecule has 2 atom stereocenters. The standard InChI is InChI=1S/C10H7Cl3F2/c1-4-7(10(4,12)13)5-2-3-6(14)8(11)9(5)15/h2-4,7H,1H3. The number of halogens is 5. The molecule has 5 heteroatoms. The zero-order valence-corrected chi connectivity index (χ0v) is 9.97. The second kappa shape index (κ2) is 3.47. The van der Waals surface area contributed by atoms with Gasteiger partial charge in [-0.2, -0.15) is 0 Å². The van der Waals surface area contributed by atoms with Crippen molar-refractivity contribution < 1.29 is 8.78 Å². The number of hydrogen-bond donors (Lipinski definition) is 0. The van der Waals surface area contributed by atoms with Gasteiger partial charge in [-0.15, -0.1) is 23.2 Å². The molecule has 0 radical (unpaired) electrons. The molecule has 2 unspecified atom stereocenters. The van der Waals surface area contributed by atoms with Crippen LogP contribution in [0.2, 0.25) is 5.02 Å². The molecule has 0 amide bonds. The number of rotatable bonds is 1. The predicted octanol–water partition coefficient (Wildman–Crippen LogP) is 4.53. The van der Waals surface area contributed by atoms with E-state index in [0.29, 0.717) is 0 Å². The quantitative estimate of drug-likeness (QED) is 0.520. The van der Waals surface area contributed by atoms with Crippen LogP contribution in [0.25, 0.3) is 0 Å². The van der Waals surface area contributed by atoms with Gasteiger partial charge in [0.05, 0.1) is 0 Å². The van der Waals surface area contributed by atoms with Crippen molar-refractivity contribution in [3.05, 3.63) is 34.4 Å². The Hall–Kier alpha value is -0.0500. The van der Waals surface area contributed by atoms with Gasteiger partial charge >= 0.3 is 0 Å². The second-order valence-corrected chi connectivity index (χ2v) is 5.53.